The van der Waals surface area contributed by atoms with Gasteiger partial charge in [0.25, 0.3) is 5.91 Å². The van der Waals surface area contributed by atoms with E-state index in [1.165, 1.54) is 24.0 Å². The lowest BCUT2D eigenvalue weighted by atomic mass is 9.84. The molecule has 5 nitrogen and oxygen atoms in total. The normalized spacial score (nSPS) is 15.8. The number of nitrogens with zero attached hydrogens (tertiary/aromatic N) is 2. The first-order valence-corrected chi connectivity index (χ1v) is 11.5. The molecule has 1 amide bonds. The monoisotopic (exact) mass is 468 g/mol. The summed E-state index contributed by atoms with van der Waals surface area (Å²) >= 11 is 0. The zero-order chi connectivity index (χ0) is 24.1. The van der Waals surface area contributed by atoms with Crippen LogP contribution in [0.4, 0.5) is 8.78 Å². The maximum absolute atomic E-state index is 14.5. The summed E-state index contributed by atoms with van der Waals surface area (Å²) in [5.74, 6) is -0.163. The van der Waals surface area contributed by atoms with Crippen LogP contribution >= 0.6 is 0 Å². The van der Waals surface area contributed by atoms with Gasteiger partial charge in [-0.05, 0) is 79.7 Å². The summed E-state index contributed by atoms with van der Waals surface area (Å²) in [4.78, 5) is 17.1. The smallest absolute Gasteiger partial charge is 0.289 e. The molecule has 2 heterocycles. The van der Waals surface area contributed by atoms with Crippen molar-refractivity contribution in [2.45, 2.75) is 31.8 Å². The van der Waals surface area contributed by atoms with Crippen LogP contribution in [0, 0.1) is 17.6 Å². The minimum absolute atomic E-state index is 0.176. The zero-order valence-corrected chi connectivity index (χ0v) is 19.5. The van der Waals surface area contributed by atoms with Crippen molar-refractivity contribution in [3.8, 4) is 5.75 Å². The fraction of sp³-hybridized carbons (Fsp3) is 0.370. The molecule has 0 saturated carbocycles. The first-order valence-electron chi connectivity index (χ1n) is 11.5. The largest absolute Gasteiger partial charge is 0.497 e. The van der Waals surface area contributed by atoms with E-state index >= 15 is 0 Å². The summed E-state index contributed by atoms with van der Waals surface area (Å²) in [6, 6.07) is 14.8. The zero-order valence-electron chi connectivity index (χ0n) is 19.5. The highest BCUT2D eigenvalue weighted by atomic mass is 19.1. The number of amides is 1. The van der Waals surface area contributed by atoms with E-state index in [0.29, 0.717) is 12.0 Å². The van der Waals surface area contributed by atoms with E-state index in [1.807, 2.05) is 18.2 Å². The summed E-state index contributed by atoms with van der Waals surface area (Å²) in [5.41, 5.74) is 1.59. The first-order chi connectivity index (χ1) is 16.4. The van der Waals surface area contributed by atoms with Crippen LogP contribution in [0.1, 0.15) is 34.5 Å². The van der Waals surface area contributed by atoms with Crippen molar-refractivity contribution in [3.05, 3.63) is 89.4 Å². The molecule has 0 radical (unpaired) electrons. The lowest BCUT2D eigenvalue weighted by Crippen LogP contribution is -2.47. The van der Waals surface area contributed by atoms with Gasteiger partial charge in [0, 0.05) is 25.7 Å². The van der Waals surface area contributed by atoms with Gasteiger partial charge in [-0.25, -0.2) is 8.78 Å². The molecule has 0 N–H and O–H groups in total. The molecule has 7 heteroatoms. The van der Waals surface area contributed by atoms with Crippen molar-refractivity contribution < 1.29 is 22.7 Å². The molecule has 1 aromatic heterocycles. The van der Waals surface area contributed by atoms with Crippen molar-refractivity contribution in [2.24, 2.45) is 5.92 Å². The van der Waals surface area contributed by atoms with Crippen molar-refractivity contribution in [2.75, 3.05) is 27.2 Å². The Balaban J connectivity index is 1.48. The fourth-order valence-electron chi connectivity index (χ4n) is 4.78. The maximum Gasteiger partial charge on any atom is 0.289 e. The van der Waals surface area contributed by atoms with Crippen molar-refractivity contribution in [1.29, 1.82) is 0 Å². The van der Waals surface area contributed by atoms with E-state index in [-0.39, 0.29) is 23.6 Å². The number of hydrogen-bond donors (Lipinski definition) is 0. The Bertz CT molecular complexity index is 1100. The van der Waals surface area contributed by atoms with Gasteiger partial charge < -0.3 is 14.1 Å². The van der Waals surface area contributed by atoms with Crippen molar-refractivity contribution >= 4 is 5.91 Å². The molecule has 3 aromatic rings. The van der Waals surface area contributed by atoms with Crippen LogP contribution in [0.3, 0.4) is 0 Å². The van der Waals surface area contributed by atoms with Crippen LogP contribution in [0.5, 0.6) is 5.75 Å². The van der Waals surface area contributed by atoms with Gasteiger partial charge in [0.2, 0.25) is 0 Å². The standard InChI is InChI=1S/C27H30F2N2O3/c1-30(27(32)26-7-4-14-34-26)25(16-21-8-9-22(28)17-24(21)29)20-10-12-31(13-11-20)18-19-5-3-6-23(15-19)33-2/h3-9,14-15,17,20,25H,10-13,16,18H2,1-2H3/t25-/m1/s1. The number of piperidine rings is 1. The highest BCUT2D eigenvalue weighted by Crippen LogP contribution is 2.29. The molecule has 1 aliphatic heterocycles. The van der Waals surface area contributed by atoms with Gasteiger partial charge in [0.15, 0.2) is 5.76 Å². The number of likely N-dealkylation sites (N-methyl/N-ethyl adjacent to an activating group) is 1. The third kappa shape index (κ3) is 5.65. The Labute approximate surface area is 198 Å². The molecule has 180 valence electrons. The number of methoxy groups -OCH3 is 1. The van der Waals surface area contributed by atoms with E-state index < -0.39 is 11.6 Å². The Morgan fingerprint density at radius 3 is 2.62 bits per heavy atom. The summed E-state index contributed by atoms with van der Waals surface area (Å²) in [7, 11) is 3.40. The van der Waals surface area contributed by atoms with E-state index in [1.54, 1.807) is 31.2 Å². The van der Waals surface area contributed by atoms with Crippen LogP contribution < -0.4 is 4.74 Å². The molecule has 0 unspecified atom stereocenters. The second-order valence-electron chi connectivity index (χ2n) is 8.87. The van der Waals surface area contributed by atoms with Crippen LogP contribution in [0.2, 0.25) is 0 Å². The van der Waals surface area contributed by atoms with Gasteiger partial charge in [0.05, 0.1) is 13.4 Å². The summed E-state index contributed by atoms with van der Waals surface area (Å²) < 4.78 is 38.6. The average molecular weight is 469 g/mol. The predicted molar refractivity (Wildman–Crippen MR) is 126 cm³/mol. The Kier molecular flexibility index (Phi) is 7.63. The van der Waals surface area contributed by atoms with Gasteiger partial charge >= 0.3 is 0 Å². The van der Waals surface area contributed by atoms with E-state index in [2.05, 4.69) is 11.0 Å². The highest BCUT2D eigenvalue weighted by Gasteiger charge is 2.33. The van der Waals surface area contributed by atoms with Gasteiger partial charge in [-0.15, -0.1) is 0 Å². The Morgan fingerprint density at radius 1 is 1.15 bits per heavy atom. The van der Waals surface area contributed by atoms with Crippen LogP contribution in [-0.2, 0) is 13.0 Å². The number of halogens is 2. The molecule has 1 aliphatic rings. The van der Waals surface area contributed by atoms with Crippen molar-refractivity contribution in [3.63, 3.8) is 0 Å². The molecular weight excluding hydrogens is 438 g/mol. The van der Waals surface area contributed by atoms with Crippen molar-refractivity contribution in [1.82, 2.24) is 9.80 Å². The minimum atomic E-state index is -0.608. The third-order valence-electron chi connectivity index (χ3n) is 6.71. The van der Waals surface area contributed by atoms with Gasteiger partial charge in [-0.1, -0.05) is 18.2 Å². The van der Waals surface area contributed by atoms with E-state index in [0.717, 1.165) is 44.3 Å². The molecule has 1 atom stereocenters. The number of likely N-dealkylation sites (tertiary alicyclic amines) is 1. The number of rotatable bonds is 8. The van der Waals surface area contributed by atoms with Crippen LogP contribution in [0.25, 0.3) is 0 Å². The van der Waals surface area contributed by atoms with Crippen LogP contribution in [0.15, 0.2) is 65.3 Å². The van der Waals surface area contributed by atoms with Gasteiger partial charge in [0.1, 0.15) is 17.4 Å². The number of carbonyl (C=O) groups is 1. The lowest BCUT2D eigenvalue weighted by Gasteiger charge is -2.40. The number of carbonyl (C=O) groups excluding carboxylic acids is 1. The van der Waals surface area contributed by atoms with E-state index in [4.69, 9.17) is 9.15 Å². The Morgan fingerprint density at radius 2 is 1.94 bits per heavy atom. The minimum Gasteiger partial charge on any atom is -0.497 e. The molecule has 1 fully saturated rings. The van der Waals surface area contributed by atoms with Gasteiger partial charge in [-0.2, -0.15) is 0 Å². The fourth-order valence-corrected chi connectivity index (χ4v) is 4.78. The van der Waals surface area contributed by atoms with E-state index in [9.17, 15) is 13.6 Å². The second kappa shape index (κ2) is 10.8. The molecule has 34 heavy (non-hydrogen) atoms. The topological polar surface area (TPSA) is 45.9 Å². The number of ether oxygens (including phenoxy) is 1. The summed E-state index contributed by atoms with van der Waals surface area (Å²) in [5, 5.41) is 0. The highest BCUT2D eigenvalue weighted by molar-refractivity contribution is 5.91. The maximum atomic E-state index is 14.5. The molecule has 1 saturated heterocycles. The molecule has 4 rings (SSSR count). The average Bonchev–Trinajstić information content (AvgIpc) is 3.39. The predicted octanol–water partition coefficient (Wildman–Crippen LogP) is 5.16. The van der Waals surface area contributed by atoms with Crippen LogP contribution in [-0.4, -0.2) is 49.0 Å². The summed E-state index contributed by atoms with van der Waals surface area (Å²) in [6.45, 7) is 2.56. The molecule has 0 aliphatic carbocycles. The SMILES string of the molecule is COc1cccc(CN2CCC([C@@H](Cc3ccc(F)cc3F)N(C)C(=O)c3ccco3)CC2)c1. The molecule has 0 spiro atoms. The molecule has 2 aromatic carbocycles. The van der Waals surface area contributed by atoms with Gasteiger partial charge in [-0.3, -0.25) is 9.69 Å². The molecular formula is C27H30F2N2O3. The Hall–Kier alpha value is -3.19. The first kappa shape index (κ1) is 24.0. The molecule has 0 bridgehead atoms. The quantitative estimate of drug-likeness (QED) is 0.458. The summed E-state index contributed by atoms with van der Waals surface area (Å²) in [6.07, 6.45) is 3.52. The number of hydrogen-bond acceptors (Lipinski definition) is 4. The third-order valence-corrected chi connectivity index (χ3v) is 6.71. The second-order valence-corrected chi connectivity index (χ2v) is 8.87. The lowest BCUT2D eigenvalue weighted by molar-refractivity contribution is 0.0554. The number of benzene rings is 2. The number of furan rings is 1.